The van der Waals surface area contributed by atoms with Gasteiger partial charge in [-0.25, -0.2) is 18.7 Å². The van der Waals surface area contributed by atoms with Crippen LogP contribution in [0.4, 0.5) is 20.2 Å². The third-order valence-corrected chi connectivity index (χ3v) is 3.59. The molecule has 0 saturated heterocycles. The predicted molar refractivity (Wildman–Crippen MR) is 95.7 cm³/mol. The topological polar surface area (TPSA) is 66.9 Å². The summed E-state index contributed by atoms with van der Waals surface area (Å²) in [5.74, 6) is -1.30. The highest BCUT2D eigenvalue weighted by Crippen LogP contribution is 2.20. The predicted octanol–water partition coefficient (Wildman–Crippen LogP) is 3.78. The van der Waals surface area contributed by atoms with Crippen LogP contribution in [0.1, 0.15) is 5.82 Å². The largest absolute Gasteiger partial charge is 0.376 e. The Balaban J connectivity index is 1.64. The molecule has 0 unspecified atom stereocenters. The molecular weight excluding hydrogens is 338 g/mol. The second-order valence-electron chi connectivity index (χ2n) is 5.60. The van der Waals surface area contributed by atoms with Gasteiger partial charge in [0.05, 0.1) is 17.9 Å². The van der Waals surface area contributed by atoms with Crippen LogP contribution in [0.3, 0.4) is 0 Å². The van der Waals surface area contributed by atoms with Gasteiger partial charge in [0.15, 0.2) is 0 Å². The second-order valence-corrected chi connectivity index (χ2v) is 5.60. The first-order chi connectivity index (χ1) is 12.5. The second kappa shape index (κ2) is 7.69. The van der Waals surface area contributed by atoms with E-state index in [0.717, 1.165) is 23.4 Å². The number of anilines is 2. The zero-order chi connectivity index (χ0) is 18.5. The Morgan fingerprint density at radius 1 is 1.12 bits per heavy atom. The summed E-state index contributed by atoms with van der Waals surface area (Å²) < 4.78 is 26.4. The number of halogens is 2. The quantitative estimate of drug-likeness (QED) is 0.732. The first-order valence-corrected chi connectivity index (χ1v) is 7.90. The van der Waals surface area contributed by atoms with Gasteiger partial charge in [-0.3, -0.25) is 4.79 Å². The van der Waals surface area contributed by atoms with Gasteiger partial charge in [0.25, 0.3) is 0 Å². The van der Waals surface area contributed by atoms with Crippen molar-refractivity contribution in [3.63, 3.8) is 0 Å². The zero-order valence-electron chi connectivity index (χ0n) is 14.0. The van der Waals surface area contributed by atoms with Crippen LogP contribution < -0.4 is 10.6 Å². The van der Waals surface area contributed by atoms with Crippen molar-refractivity contribution in [2.24, 2.45) is 0 Å². The molecule has 0 saturated carbocycles. The number of amides is 1. The maximum Gasteiger partial charge on any atom is 0.243 e. The van der Waals surface area contributed by atoms with Crippen LogP contribution in [-0.2, 0) is 4.79 Å². The fourth-order valence-corrected chi connectivity index (χ4v) is 2.37. The molecule has 1 aromatic heterocycles. The summed E-state index contributed by atoms with van der Waals surface area (Å²) in [7, 11) is 0. The number of benzene rings is 2. The van der Waals surface area contributed by atoms with Crippen LogP contribution in [0.15, 0.2) is 54.7 Å². The van der Waals surface area contributed by atoms with Gasteiger partial charge >= 0.3 is 0 Å². The molecule has 0 atom stereocenters. The molecule has 0 aliphatic heterocycles. The molecule has 5 nitrogen and oxygen atoms in total. The van der Waals surface area contributed by atoms with Gasteiger partial charge < -0.3 is 10.6 Å². The fraction of sp³-hybridized carbons (Fsp3) is 0.105. The SMILES string of the molecule is Cc1nccc(-c2cccc(NCC(=O)Nc3ccc(F)cc3F)c2)n1. The van der Waals surface area contributed by atoms with Crippen molar-refractivity contribution in [2.45, 2.75) is 6.92 Å². The number of nitrogens with zero attached hydrogens (tertiary/aromatic N) is 2. The van der Waals surface area contributed by atoms with Gasteiger partial charge in [0, 0.05) is 23.5 Å². The summed E-state index contributed by atoms with van der Waals surface area (Å²) in [6.07, 6.45) is 1.68. The van der Waals surface area contributed by atoms with Crippen LogP contribution >= 0.6 is 0 Å². The van der Waals surface area contributed by atoms with Crippen LogP contribution in [0.25, 0.3) is 11.3 Å². The number of aromatic nitrogens is 2. The fourth-order valence-electron chi connectivity index (χ4n) is 2.37. The van der Waals surface area contributed by atoms with Crippen molar-refractivity contribution < 1.29 is 13.6 Å². The summed E-state index contributed by atoms with van der Waals surface area (Å²) >= 11 is 0. The van der Waals surface area contributed by atoms with E-state index in [2.05, 4.69) is 20.6 Å². The van der Waals surface area contributed by atoms with Gasteiger partial charge in [-0.15, -0.1) is 0 Å². The lowest BCUT2D eigenvalue weighted by Gasteiger charge is -2.10. The number of rotatable bonds is 5. The molecule has 2 aromatic carbocycles. The monoisotopic (exact) mass is 354 g/mol. The summed E-state index contributed by atoms with van der Waals surface area (Å²) in [6.45, 7) is 1.74. The summed E-state index contributed by atoms with van der Waals surface area (Å²) in [5, 5.41) is 5.37. The van der Waals surface area contributed by atoms with Gasteiger partial charge in [0.2, 0.25) is 5.91 Å². The molecule has 1 amide bonds. The standard InChI is InChI=1S/C19H16F2N4O/c1-12-22-8-7-17(24-12)13-3-2-4-15(9-13)23-11-19(26)25-18-6-5-14(20)10-16(18)21/h2-10,23H,11H2,1H3,(H,25,26). The average molecular weight is 354 g/mol. The highest BCUT2D eigenvalue weighted by molar-refractivity contribution is 5.93. The van der Waals surface area contributed by atoms with Gasteiger partial charge in [0.1, 0.15) is 17.5 Å². The van der Waals surface area contributed by atoms with E-state index in [0.29, 0.717) is 11.5 Å². The molecule has 7 heteroatoms. The smallest absolute Gasteiger partial charge is 0.243 e. The van der Waals surface area contributed by atoms with E-state index in [1.54, 1.807) is 12.3 Å². The molecule has 0 aliphatic rings. The zero-order valence-corrected chi connectivity index (χ0v) is 14.0. The molecule has 2 N–H and O–H groups in total. The number of carbonyl (C=O) groups excluding carboxylic acids is 1. The molecule has 132 valence electrons. The summed E-state index contributed by atoms with van der Waals surface area (Å²) in [6, 6.07) is 12.2. The van der Waals surface area contributed by atoms with E-state index in [9.17, 15) is 13.6 Å². The minimum atomic E-state index is -0.820. The third-order valence-electron chi connectivity index (χ3n) is 3.59. The molecular formula is C19H16F2N4O. The summed E-state index contributed by atoms with van der Waals surface area (Å²) in [4.78, 5) is 20.4. The number of hydrogen-bond donors (Lipinski definition) is 2. The van der Waals surface area contributed by atoms with Gasteiger partial charge in [-0.2, -0.15) is 0 Å². The lowest BCUT2D eigenvalue weighted by molar-refractivity contribution is -0.114. The summed E-state index contributed by atoms with van der Waals surface area (Å²) in [5.41, 5.74) is 2.31. The highest BCUT2D eigenvalue weighted by Gasteiger charge is 2.08. The maximum absolute atomic E-state index is 13.6. The van der Waals surface area contributed by atoms with Crippen LogP contribution in [0.5, 0.6) is 0 Å². The lowest BCUT2D eigenvalue weighted by Crippen LogP contribution is -2.22. The van der Waals surface area contributed by atoms with E-state index < -0.39 is 17.5 Å². The Kier molecular flexibility index (Phi) is 5.17. The number of nitrogens with one attached hydrogen (secondary N) is 2. The van der Waals surface area contributed by atoms with Crippen LogP contribution in [-0.4, -0.2) is 22.4 Å². The molecule has 0 spiro atoms. The molecule has 0 fully saturated rings. The molecule has 0 bridgehead atoms. The molecule has 26 heavy (non-hydrogen) atoms. The number of hydrogen-bond acceptors (Lipinski definition) is 4. The van der Waals surface area contributed by atoms with E-state index in [-0.39, 0.29) is 12.2 Å². The average Bonchev–Trinajstić information content (AvgIpc) is 2.63. The van der Waals surface area contributed by atoms with Crippen molar-refractivity contribution in [3.05, 3.63) is 72.2 Å². The Bertz CT molecular complexity index is 946. The van der Waals surface area contributed by atoms with Crippen LogP contribution in [0.2, 0.25) is 0 Å². The van der Waals surface area contributed by atoms with Gasteiger partial charge in [-0.1, -0.05) is 12.1 Å². The van der Waals surface area contributed by atoms with E-state index in [1.165, 1.54) is 6.07 Å². The Hall–Kier alpha value is -3.35. The minimum absolute atomic E-state index is 0.0663. The van der Waals surface area contributed by atoms with E-state index in [1.807, 2.05) is 31.2 Å². The highest BCUT2D eigenvalue weighted by atomic mass is 19.1. The van der Waals surface area contributed by atoms with Crippen molar-refractivity contribution in [3.8, 4) is 11.3 Å². The Labute approximate surface area is 149 Å². The number of carbonyl (C=O) groups is 1. The van der Waals surface area contributed by atoms with Crippen molar-refractivity contribution in [2.75, 3.05) is 17.2 Å². The Morgan fingerprint density at radius 2 is 1.96 bits per heavy atom. The minimum Gasteiger partial charge on any atom is -0.376 e. The molecule has 3 rings (SSSR count). The molecule has 3 aromatic rings. The first kappa shape index (κ1) is 17.5. The van der Waals surface area contributed by atoms with E-state index in [4.69, 9.17) is 0 Å². The van der Waals surface area contributed by atoms with Crippen molar-refractivity contribution >= 4 is 17.3 Å². The molecule has 0 radical (unpaired) electrons. The normalized spacial score (nSPS) is 10.4. The first-order valence-electron chi connectivity index (χ1n) is 7.90. The number of aryl methyl sites for hydroxylation is 1. The molecule has 0 aliphatic carbocycles. The third kappa shape index (κ3) is 4.38. The Morgan fingerprint density at radius 3 is 2.73 bits per heavy atom. The van der Waals surface area contributed by atoms with Gasteiger partial charge in [-0.05, 0) is 37.3 Å². The van der Waals surface area contributed by atoms with Crippen LogP contribution in [0, 0.1) is 18.6 Å². The van der Waals surface area contributed by atoms with Crippen molar-refractivity contribution in [1.82, 2.24) is 9.97 Å². The van der Waals surface area contributed by atoms with E-state index >= 15 is 0 Å². The molecule has 1 heterocycles. The maximum atomic E-state index is 13.6. The van der Waals surface area contributed by atoms with Crippen molar-refractivity contribution in [1.29, 1.82) is 0 Å². The lowest BCUT2D eigenvalue weighted by atomic mass is 10.1.